The maximum atomic E-state index is 13.3. The van der Waals surface area contributed by atoms with E-state index < -0.39 is 15.6 Å². The molecular formula is C23H29N5O6S2. The number of thiazole rings is 1. The summed E-state index contributed by atoms with van der Waals surface area (Å²) in [7, 11) is -2.51. The Bertz CT molecular complexity index is 1370. The second kappa shape index (κ2) is 8.98. The molecule has 1 amide bonds. The molecule has 3 saturated heterocycles. The van der Waals surface area contributed by atoms with Crippen molar-refractivity contribution in [3.8, 4) is 10.6 Å². The van der Waals surface area contributed by atoms with E-state index in [0.29, 0.717) is 35.3 Å². The number of oxazole rings is 1. The molecule has 2 bridgehead atoms. The van der Waals surface area contributed by atoms with Crippen LogP contribution in [0.4, 0.5) is 10.8 Å². The molecule has 5 heterocycles. The number of piperazine rings is 1. The third-order valence-corrected chi connectivity index (χ3v) is 9.02. The number of rotatable bonds is 6. The predicted octanol–water partition coefficient (Wildman–Crippen LogP) is 2.76. The van der Waals surface area contributed by atoms with E-state index in [9.17, 15) is 18.3 Å². The molecule has 0 saturated carbocycles. The molecule has 2 atom stereocenters. The molecular weight excluding hydrogens is 506 g/mol. The standard InChI is InChI=1S/C23H29N5O6S2/c1-23(2,3)34-22(30)28-14-11-15(28)13-27(12-14)21-25-18-17(36(31,32)26(4)8-9-29)6-5-16(19(18)33-21)20-24-7-10-35-20/h5-7,10,14-15,29H,8-9,11-13H2,1-4H3. The first-order chi connectivity index (χ1) is 17.0. The molecule has 1 aromatic carbocycles. The topological polar surface area (TPSA) is 129 Å². The number of piperidine rings is 1. The Morgan fingerprint density at radius 2 is 2.03 bits per heavy atom. The van der Waals surface area contributed by atoms with E-state index >= 15 is 0 Å². The number of likely N-dealkylation sites (N-methyl/N-ethyl adjacent to an activating group) is 1. The van der Waals surface area contributed by atoms with Crippen molar-refractivity contribution in [2.45, 2.75) is 49.8 Å². The zero-order valence-electron chi connectivity index (χ0n) is 20.5. The van der Waals surface area contributed by atoms with Gasteiger partial charge in [0.15, 0.2) is 5.58 Å². The molecule has 11 nitrogen and oxygen atoms in total. The largest absolute Gasteiger partial charge is 0.444 e. The van der Waals surface area contributed by atoms with Crippen LogP contribution in [0.25, 0.3) is 21.7 Å². The van der Waals surface area contributed by atoms with Crippen LogP contribution in [-0.2, 0) is 14.8 Å². The maximum Gasteiger partial charge on any atom is 0.410 e. The van der Waals surface area contributed by atoms with Crippen molar-refractivity contribution in [1.82, 2.24) is 19.2 Å². The smallest absolute Gasteiger partial charge is 0.410 e. The predicted molar refractivity (Wildman–Crippen MR) is 134 cm³/mol. The number of hydrogen-bond donors (Lipinski definition) is 1. The quantitative estimate of drug-likeness (QED) is 0.506. The minimum atomic E-state index is -3.92. The average molecular weight is 536 g/mol. The zero-order chi connectivity index (χ0) is 25.8. The van der Waals surface area contributed by atoms with Crippen molar-refractivity contribution in [3.05, 3.63) is 23.7 Å². The highest BCUT2D eigenvalue weighted by Crippen LogP contribution is 2.40. The van der Waals surface area contributed by atoms with E-state index in [-0.39, 0.29) is 41.7 Å². The zero-order valence-corrected chi connectivity index (χ0v) is 22.2. The van der Waals surface area contributed by atoms with Gasteiger partial charge in [-0.05, 0) is 39.3 Å². The van der Waals surface area contributed by atoms with Crippen molar-refractivity contribution in [2.24, 2.45) is 0 Å². The molecule has 6 rings (SSSR count). The Labute approximate surface area is 213 Å². The summed E-state index contributed by atoms with van der Waals surface area (Å²) in [5.74, 6) is 0. The van der Waals surface area contributed by atoms with Crippen molar-refractivity contribution in [3.63, 3.8) is 0 Å². The Hall–Kier alpha value is -2.74. The number of aliphatic hydroxyl groups excluding tert-OH is 1. The van der Waals surface area contributed by atoms with Crippen molar-refractivity contribution in [1.29, 1.82) is 0 Å². The molecule has 0 radical (unpaired) electrons. The number of aliphatic hydroxyl groups is 1. The number of amides is 1. The highest BCUT2D eigenvalue weighted by Gasteiger charge is 2.49. The number of aromatic nitrogens is 2. The van der Waals surface area contributed by atoms with Gasteiger partial charge in [-0.3, -0.25) is 4.90 Å². The van der Waals surface area contributed by atoms with Gasteiger partial charge in [-0.1, -0.05) is 0 Å². The highest BCUT2D eigenvalue weighted by molar-refractivity contribution is 7.89. The van der Waals surface area contributed by atoms with E-state index in [0.717, 1.165) is 10.7 Å². The number of fused-ring (bicyclic) bond motifs is 3. The van der Waals surface area contributed by atoms with Crippen LogP contribution < -0.4 is 4.90 Å². The van der Waals surface area contributed by atoms with E-state index in [2.05, 4.69) is 9.97 Å². The van der Waals surface area contributed by atoms with Gasteiger partial charge >= 0.3 is 6.09 Å². The van der Waals surface area contributed by atoms with Gasteiger partial charge in [-0.15, -0.1) is 11.3 Å². The Morgan fingerprint density at radius 1 is 1.31 bits per heavy atom. The lowest BCUT2D eigenvalue weighted by Gasteiger charge is -2.55. The molecule has 0 spiro atoms. The molecule has 2 aromatic heterocycles. The molecule has 3 aliphatic rings. The molecule has 0 aliphatic carbocycles. The van der Waals surface area contributed by atoms with Gasteiger partial charge in [0, 0.05) is 38.3 Å². The van der Waals surface area contributed by atoms with Crippen molar-refractivity contribution in [2.75, 3.05) is 38.2 Å². The van der Waals surface area contributed by atoms with Gasteiger partial charge in [0.2, 0.25) is 10.0 Å². The fourth-order valence-corrected chi connectivity index (χ4v) is 6.59. The lowest BCUT2D eigenvalue weighted by Crippen LogP contribution is -2.70. The minimum Gasteiger partial charge on any atom is -0.444 e. The summed E-state index contributed by atoms with van der Waals surface area (Å²) in [6.07, 6.45) is 2.21. The van der Waals surface area contributed by atoms with E-state index in [1.54, 1.807) is 17.2 Å². The number of carbonyl (C=O) groups is 1. The number of benzene rings is 1. The monoisotopic (exact) mass is 535 g/mol. The fraction of sp³-hybridized carbons (Fsp3) is 0.522. The molecule has 3 aliphatic heterocycles. The first-order valence-corrected chi connectivity index (χ1v) is 14.0. The third kappa shape index (κ3) is 4.33. The third-order valence-electron chi connectivity index (χ3n) is 6.33. The van der Waals surface area contributed by atoms with E-state index in [1.807, 2.05) is 31.1 Å². The van der Waals surface area contributed by atoms with E-state index in [4.69, 9.17) is 9.15 Å². The van der Waals surface area contributed by atoms with Gasteiger partial charge in [0.1, 0.15) is 21.0 Å². The number of nitrogens with zero attached hydrogens (tertiary/aromatic N) is 5. The number of carbonyl (C=O) groups excluding carboxylic acids is 1. The Morgan fingerprint density at radius 3 is 2.64 bits per heavy atom. The Kier molecular flexibility index (Phi) is 6.22. The lowest BCUT2D eigenvalue weighted by atomic mass is 9.88. The first kappa shape index (κ1) is 24.9. The second-order valence-corrected chi connectivity index (χ2v) is 12.9. The highest BCUT2D eigenvalue weighted by atomic mass is 32.2. The SMILES string of the molecule is CN(CCO)S(=O)(=O)c1ccc(-c2nccs2)c2oc(N3CC4CC(C3)N4C(=O)OC(C)(C)C)nc12. The van der Waals surface area contributed by atoms with Gasteiger partial charge in [-0.2, -0.15) is 9.29 Å². The van der Waals surface area contributed by atoms with Crippen LogP contribution in [-0.4, -0.2) is 89.8 Å². The van der Waals surface area contributed by atoms with Gasteiger partial charge in [0.05, 0.1) is 24.3 Å². The lowest BCUT2D eigenvalue weighted by molar-refractivity contribution is -0.0386. The normalized spacial score (nSPS) is 20.2. The summed E-state index contributed by atoms with van der Waals surface area (Å²) in [5, 5.41) is 11.8. The second-order valence-electron chi connectivity index (χ2n) is 10.0. The summed E-state index contributed by atoms with van der Waals surface area (Å²) in [5.41, 5.74) is 0.630. The van der Waals surface area contributed by atoms with Crippen LogP contribution >= 0.6 is 11.3 Å². The van der Waals surface area contributed by atoms with Crippen LogP contribution in [0.3, 0.4) is 0 Å². The van der Waals surface area contributed by atoms with Crippen LogP contribution in [0, 0.1) is 0 Å². The average Bonchev–Trinajstić information content (AvgIpc) is 3.47. The molecule has 36 heavy (non-hydrogen) atoms. The molecule has 13 heteroatoms. The summed E-state index contributed by atoms with van der Waals surface area (Å²) in [6.45, 7) is 6.19. The van der Waals surface area contributed by atoms with Crippen molar-refractivity contribution < 1.29 is 27.5 Å². The molecule has 1 N–H and O–H groups in total. The van der Waals surface area contributed by atoms with E-state index in [1.165, 1.54) is 24.5 Å². The number of ether oxygens (including phenoxy) is 1. The van der Waals surface area contributed by atoms with Crippen LogP contribution in [0.15, 0.2) is 33.0 Å². The Balaban J connectivity index is 1.50. The van der Waals surface area contributed by atoms with Gasteiger partial charge in [0.25, 0.3) is 6.01 Å². The molecule has 2 unspecified atom stereocenters. The summed E-state index contributed by atoms with van der Waals surface area (Å²) in [6, 6.07) is 3.41. The number of hydrogen-bond acceptors (Lipinski definition) is 10. The summed E-state index contributed by atoms with van der Waals surface area (Å²) in [4.78, 5) is 25.3. The summed E-state index contributed by atoms with van der Waals surface area (Å²) < 4.78 is 39.4. The fourth-order valence-electron chi connectivity index (χ4n) is 4.65. The molecule has 3 aromatic rings. The molecule has 194 valence electrons. The van der Waals surface area contributed by atoms with Crippen LogP contribution in [0.1, 0.15) is 27.2 Å². The van der Waals surface area contributed by atoms with Crippen LogP contribution in [0.5, 0.6) is 0 Å². The first-order valence-electron chi connectivity index (χ1n) is 11.7. The maximum absolute atomic E-state index is 13.3. The minimum absolute atomic E-state index is 0.00121. The molecule has 3 fully saturated rings. The van der Waals surface area contributed by atoms with Crippen molar-refractivity contribution >= 4 is 44.6 Å². The number of anilines is 1. The number of sulfonamides is 1. The van der Waals surface area contributed by atoms with Crippen LogP contribution in [0.2, 0.25) is 0 Å². The summed E-state index contributed by atoms with van der Waals surface area (Å²) >= 11 is 1.42. The van der Waals surface area contributed by atoms with Gasteiger partial charge < -0.3 is 19.2 Å². The van der Waals surface area contributed by atoms with Gasteiger partial charge in [-0.25, -0.2) is 18.2 Å².